The number of nitrogens with zero attached hydrogens (tertiary/aromatic N) is 6. The summed E-state index contributed by atoms with van der Waals surface area (Å²) >= 11 is 0. The van der Waals surface area contributed by atoms with Gasteiger partial charge in [-0.3, -0.25) is 0 Å². The minimum Gasteiger partial charge on any atom is -0.456 e. The Morgan fingerprint density at radius 3 is 1.20 bits per heavy atom. The summed E-state index contributed by atoms with van der Waals surface area (Å²) in [6.07, 6.45) is 8.68. The fraction of sp³-hybridized carbons (Fsp3) is 0.0323. The molecule has 0 saturated heterocycles. The minimum atomic E-state index is -0.278. The standard InChI is InChI=1S/C62H36N6O/c63-35-46-58(68-54-31-15-7-23-43(54)44-33-34-56-57(59(44)68)45-24-8-16-32-55(45)69-56)47(36-64)61(66-50-27-11-3-19-39(50)40-20-4-12-28-51(40)66)62(67-52-29-13-5-21-41(52)42-22-6-14-30-53(42)67)60(46)65-48-25-9-1-17-37(48)38-18-2-10-26-49(38)65/h1-34,43,54H. The van der Waals surface area contributed by atoms with Crippen LogP contribution < -0.4 is 4.90 Å². The van der Waals surface area contributed by atoms with Crippen LogP contribution in [-0.2, 0) is 0 Å². The average molecular weight is 881 g/mol. The number of para-hydroxylation sites is 7. The first-order valence-electron chi connectivity index (χ1n) is 23.3. The number of hydrogen-bond donors (Lipinski definition) is 0. The number of aromatic nitrogens is 3. The molecule has 1 aliphatic carbocycles. The van der Waals surface area contributed by atoms with Gasteiger partial charge in [-0.05, 0) is 54.1 Å². The zero-order chi connectivity index (χ0) is 45.5. The van der Waals surface area contributed by atoms with Crippen molar-refractivity contribution in [3.63, 3.8) is 0 Å². The fourth-order valence-corrected chi connectivity index (χ4v) is 12.2. The molecular weight excluding hydrogens is 845 g/mol. The molecule has 0 bridgehead atoms. The lowest BCUT2D eigenvalue weighted by molar-refractivity contribution is 0.669. The molecule has 0 N–H and O–H groups in total. The number of anilines is 2. The fourth-order valence-electron chi connectivity index (χ4n) is 12.2. The predicted molar refractivity (Wildman–Crippen MR) is 280 cm³/mol. The van der Waals surface area contributed by atoms with Gasteiger partial charge >= 0.3 is 0 Å². The number of rotatable bonds is 4. The number of furan rings is 1. The highest BCUT2D eigenvalue weighted by Gasteiger charge is 2.44. The van der Waals surface area contributed by atoms with Crippen LogP contribution in [0.1, 0.15) is 22.6 Å². The van der Waals surface area contributed by atoms with Crippen LogP contribution in [0.25, 0.3) is 104 Å². The van der Waals surface area contributed by atoms with Crippen LogP contribution in [-0.4, -0.2) is 19.7 Å². The molecule has 2 aliphatic rings. The molecule has 2 unspecified atom stereocenters. The van der Waals surface area contributed by atoms with Crippen LogP contribution in [0.3, 0.4) is 0 Å². The highest BCUT2D eigenvalue weighted by Crippen LogP contribution is 2.57. The molecule has 13 aromatic rings. The summed E-state index contributed by atoms with van der Waals surface area (Å²) in [5.74, 6) is -0.0773. The van der Waals surface area contributed by atoms with Gasteiger partial charge in [0.15, 0.2) is 0 Å². The van der Waals surface area contributed by atoms with E-state index in [9.17, 15) is 10.5 Å². The van der Waals surface area contributed by atoms with E-state index in [-0.39, 0.29) is 12.0 Å². The largest absolute Gasteiger partial charge is 0.456 e. The smallest absolute Gasteiger partial charge is 0.137 e. The van der Waals surface area contributed by atoms with Crippen molar-refractivity contribution in [1.29, 1.82) is 10.5 Å². The second-order valence-corrected chi connectivity index (χ2v) is 18.1. The average Bonchev–Trinajstić information content (AvgIpc) is 4.21. The molecule has 7 nitrogen and oxygen atoms in total. The molecule has 320 valence electrons. The second-order valence-electron chi connectivity index (χ2n) is 18.1. The lowest BCUT2D eigenvalue weighted by Crippen LogP contribution is -2.31. The molecule has 0 spiro atoms. The van der Waals surface area contributed by atoms with Crippen molar-refractivity contribution in [3.8, 4) is 29.2 Å². The number of benzene rings is 9. The Bertz CT molecular complexity index is 4240. The number of allylic oxidation sites excluding steroid dienone is 2. The maximum Gasteiger partial charge on any atom is 0.137 e. The van der Waals surface area contributed by atoms with Crippen molar-refractivity contribution in [2.75, 3.05) is 4.90 Å². The summed E-state index contributed by atoms with van der Waals surface area (Å²) < 4.78 is 13.5. The number of hydrogen-bond acceptors (Lipinski definition) is 4. The van der Waals surface area contributed by atoms with E-state index >= 15 is 0 Å². The van der Waals surface area contributed by atoms with E-state index < -0.39 is 0 Å². The van der Waals surface area contributed by atoms with E-state index in [2.05, 4.69) is 219 Å². The first-order valence-corrected chi connectivity index (χ1v) is 23.3. The summed E-state index contributed by atoms with van der Waals surface area (Å²) in [5.41, 5.74) is 12.7. The topological polar surface area (TPSA) is 78.8 Å². The lowest BCUT2D eigenvalue weighted by atomic mass is 9.90. The molecular formula is C62H36N6O. The molecule has 5 heterocycles. The Morgan fingerprint density at radius 1 is 0.362 bits per heavy atom. The van der Waals surface area contributed by atoms with Gasteiger partial charge in [-0.15, -0.1) is 0 Å². The molecule has 0 fully saturated rings. The van der Waals surface area contributed by atoms with Crippen LogP contribution in [0.2, 0.25) is 0 Å². The molecule has 1 aliphatic heterocycles. The van der Waals surface area contributed by atoms with Gasteiger partial charge in [-0.25, -0.2) is 0 Å². The molecule has 0 saturated carbocycles. The third-order valence-corrected chi connectivity index (χ3v) is 14.8. The molecule has 7 heteroatoms. The molecule has 15 rings (SSSR count). The Balaban J connectivity index is 1.25. The Morgan fingerprint density at radius 2 is 0.754 bits per heavy atom. The van der Waals surface area contributed by atoms with Crippen LogP contribution >= 0.6 is 0 Å². The highest BCUT2D eigenvalue weighted by atomic mass is 16.3. The van der Waals surface area contributed by atoms with E-state index in [1.165, 1.54) is 0 Å². The van der Waals surface area contributed by atoms with Gasteiger partial charge in [0, 0.05) is 43.6 Å². The van der Waals surface area contributed by atoms with Crippen molar-refractivity contribution in [2.45, 2.75) is 12.0 Å². The molecule has 2 atom stereocenters. The zero-order valence-corrected chi connectivity index (χ0v) is 36.9. The van der Waals surface area contributed by atoms with Gasteiger partial charge < -0.3 is 23.0 Å². The van der Waals surface area contributed by atoms with E-state index in [0.717, 1.165) is 104 Å². The van der Waals surface area contributed by atoms with E-state index in [4.69, 9.17) is 4.42 Å². The van der Waals surface area contributed by atoms with Crippen LogP contribution in [0.5, 0.6) is 0 Å². The van der Waals surface area contributed by atoms with Gasteiger partial charge in [0.05, 0.1) is 73.0 Å². The maximum atomic E-state index is 12.5. The third-order valence-electron chi connectivity index (χ3n) is 14.8. The van der Waals surface area contributed by atoms with Crippen molar-refractivity contribution < 1.29 is 4.42 Å². The SMILES string of the molecule is N#Cc1c(N2c3c(ccc4oc5ccccc5c34)C3C=CC=CC32)c(C#N)c(-n2c3ccccc3c3ccccc32)c(-n2c3ccccc3c3ccccc32)c1-n1c2ccccc2c2ccccc21. The first kappa shape index (κ1) is 37.6. The monoisotopic (exact) mass is 880 g/mol. The molecule has 9 aromatic carbocycles. The summed E-state index contributed by atoms with van der Waals surface area (Å²) in [6.45, 7) is 0. The van der Waals surface area contributed by atoms with Crippen molar-refractivity contribution >= 4 is 98.7 Å². The quantitative estimate of drug-likeness (QED) is 0.176. The zero-order valence-electron chi connectivity index (χ0n) is 36.9. The van der Waals surface area contributed by atoms with Gasteiger partial charge in [0.2, 0.25) is 0 Å². The Hall–Kier alpha value is -9.56. The Labute approximate surface area is 394 Å². The van der Waals surface area contributed by atoms with Gasteiger partial charge in [0.1, 0.15) is 34.4 Å². The highest BCUT2D eigenvalue weighted by molar-refractivity contribution is 6.17. The van der Waals surface area contributed by atoms with E-state index in [0.29, 0.717) is 28.2 Å². The molecule has 0 radical (unpaired) electrons. The van der Waals surface area contributed by atoms with Crippen LogP contribution in [0, 0.1) is 22.7 Å². The van der Waals surface area contributed by atoms with Crippen molar-refractivity contribution in [2.24, 2.45) is 0 Å². The van der Waals surface area contributed by atoms with Crippen molar-refractivity contribution in [1.82, 2.24) is 13.7 Å². The van der Waals surface area contributed by atoms with Gasteiger partial charge in [-0.2, -0.15) is 10.5 Å². The summed E-state index contributed by atoms with van der Waals surface area (Å²) in [5, 5.41) is 33.2. The third kappa shape index (κ3) is 4.87. The molecule has 4 aromatic heterocycles. The predicted octanol–water partition coefficient (Wildman–Crippen LogP) is 15.4. The summed E-state index contributed by atoms with van der Waals surface area (Å²) in [4.78, 5) is 2.31. The van der Waals surface area contributed by atoms with Crippen molar-refractivity contribution in [3.05, 3.63) is 223 Å². The van der Waals surface area contributed by atoms with Crippen LogP contribution in [0.4, 0.5) is 11.4 Å². The minimum absolute atomic E-state index is 0.0773. The maximum absolute atomic E-state index is 12.5. The first-order chi connectivity index (χ1) is 34.2. The summed E-state index contributed by atoms with van der Waals surface area (Å²) in [6, 6.07) is 68.8. The second kappa shape index (κ2) is 14.0. The number of nitriles is 2. The number of fused-ring (bicyclic) bond motifs is 16. The Kier molecular flexibility index (Phi) is 7.63. The lowest BCUT2D eigenvalue weighted by Gasteiger charge is -2.34. The normalized spacial score (nSPS) is 15.4. The molecule has 69 heavy (non-hydrogen) atoms. The van der Waals surface area contributed by atoms with Crippen LogP contribution in [0.15, 0.2) is 211 Å². The summed E-state index contributed by atoms with van der Waals surface area (Å²) in [7, 11) is 0. The van der Waals surface area contributed by atoms with Gasteiger partial charge in [0.25, 0.3) is 0 Å². The van der Waals surface area contributed by atoms with E-state index in [1.54, 1.807) is 0 Å². The molecule has 0 amide bonds. The van der Waals surface area contributed by atoms with E-state index in [1.807, 2.05) is 18.2 Å². The van der Waals surface area contributed by atoms with Gasteiger partial charge in [-0.1, -0.05) is 158 Å².